The Balaban J connectivity index is 2.53. The fraction of sp³-hybridized carbons (Fsp3) is 0.111. The lowest BCUT2D eigenvalue weighted by Crippen LogP contribution is -2.01. The molecule has 0 spiro atoms. The number of hydrogen-bond acceptors (Lipinski definition) is 2. The van der Waals surface area contributed by atoms with Crippen LogP contribution in [0.25, 0.3) is 11.0 Å². The van der Waals surface area contributed by atoms with Crippen LogP contribution in [0.5, 0.6) is 0 Å². The number of rotatable bonds is 2. The number of aliphatic carboxylic acids is 1. The number of benzene rings is 1. The van der Waals surface area contributed by atoms with Gasteiger partial charge < -0.3 is 10.1 Å². The molecule has 0 atom stereocenters. The molecule has 72 valence electrons. The largest absolute Gasteiger partial charge is 0.481 e. The number of aromatic nitrogens is 2. The third kappa shape index (κ3) is 1.72. The van der Waals surface area contributed by atoms with Crippen molar-refractivity contribution in [2.24, 2.45) is 0 Å². The van der Waals surface area contributed by atoms with Gasteiger partial charge in [0.2, 0.25) is 0 Å². The summed E-state index contributed by atoms with van der Waals surface area (Å²) in [6, 6.07) is 3.71. The standard InChI is InChI=1S/C9H7IN2O2/c10-6-3-8-7(11-4-12-8)1-5(6)2-9(13)14/h1,3-4H,2H2,(H,11,12)(H,13,14). The lowest BCUT2D eigenvalue weighted by Gasteiger charge is -2.00. The van der Waals surface area contributed by atoms with Crippen LogP contribution >= 0.6 is 22.6 Å². The van der Waals surface area contributed by atoms with Gasteiger partial charge >= 0.3 is 5.97 Å². The summed E-state index contributed by atoms with van der Waals surface area (Å²) in [5.41, 5.74) is 2.56. The van der Waals surface area contributed by atoms with Crippen LogP contribution in [0, 0.1) is 3.57 Å². The van der Waals surface area contributed by atoms with Crippen LogP contribution in [-0.4, -0.2) is 21.0 Å². The van der Waals surface area contributed by atoms with Crippen LogP contribution in [0.1, 0.15) is 5.56 Å². The maximum Gasteiger partial charge on any atom is 0.307 e. The lowest BCUT2D eigenvalue weighted by molar-refractivity contribution is -0.136. The minimum Gasteiger partial charge on any atom is -0.481 e. The first-order valence-electron chi connectivity index (χ1n) is 4.00. The minimum absolute atomic E-state index is 0.0488. The molecule has 0 aliphatic heterocycles. The summed E-state index contributed by atoms with van der Waals surface area (Å²) in [4.78, 5) is 17.6. The van der Waals surface area contributed by atoms with Crippen molar-refractivity contribution >= 4 is 39.6 Å². The maximum absolute atomic E-state index is 10.6. The molecule has 14 heavy (non-hydrogen) atoms. The number of carbonyl (C=O) groups is 1. The summed E-state index contributed by atoms with van der Waals surface area (Å²) in [6.07, 6.45) is 1.65. The van der Waals surface area contributed by atoms with Gasteiger partial charge in [-0.05, 0) is 40.3 Å². The predicted molar refractivity (Wildman–Crippen MR) is 60.2 cm³/mol. The summed E-state index contributed by atoms with van der Waals surface area (Å²) in [5.74, 6) is -0.818. The molecule has 0 saturated carbocycles. The number of nitrogens with zero attached hydrogens (tertiary/aromatic N) is 1. The molecule has 2 rings (SSSR count). The molecule has 0 fully saturated rings. The smallest absolute Gasteiger partial charge is 0.307 e. The van der Waals surface area contributed by atoms with E-state index in [1.54, 1.807) is 6.33 Å². The monoisotopic (exact) mass is 302 g/mol. The summed E-state index contributed by atoms with van der Waals surface area (Å²) in [5, 5.41) is 8.68. The van der Waals surface area contributed by atoms with Crippen LogP contribution in [0.2, 0.25) is 0 Å². The van der Waals surface area contributed by atoms with Crippen molar-refractivity contribution in [2.75, 3.05) is 0 Å². The van der Waals surface area contributed by atoms with Gasteiger partial charge in [0.25, 0.3) is 0 Å². The molecule has 5 heteroatoms. The predicted octanol–water partition coefficient (Wildman–Crippen LogP) is 1.79. The molecule has 0 bridgehead atoms. The number of H-pyrrole nitrogens is 1. The Labute approximate surface area is 93.5 Å². The Kier molecular flexibility index (Phi) is 2.40. The van der Waals surface area contributed by atoms with Crippen molar-refractivity contribution in [3.8, 4) is 0 Å². The number of aromatic amines is 1. The van der Waals surface area contributed by atoms with Gasteiger partial charge in [0, 0.05) is 3.57 Å². The van der Waals surface area contributed by atoms with Crippen LogP contribution in [0.4, 0.5) is 0 Å². The third-order valence-corrected chi connectivity index (χ3v) is 2.93. The Morgan fingerprint density at radius 1 is 1.57 bits per heavy atom. The van der Waals surface area contributed by atoms with E-state index in [9.17, 15) is 4.79 Å². The lowest BCUT2D eigenvalue weighted by atomic mass is 10.1. The molecule has 2 N–H and O–H groups in total. The molecule has 1 aromatic heterocycles. The van der Waals surface area contributed by atoms with E-state index in [-0.39, 0.29) is 6.42 Å². The highest BCUT2D eigenvalue weighted by Crippen LogP contribution is 2.19. The quantitative estimate of drug-likeness (QED) is 0.831. The van der Waals surface area contributed by atoms with E-state index in [4.69, 9.17) is 5.11 Å². The van der Waals surface area contributed by atoms with Crippen molar-refractivity contribution in [1.82, 2.24) is 9.97 Å². The molecule has 0 aliphatic rings. The zero-order chi connectivity index (χ0) is 10.1. The van der Waals surface area contributed by atoms with E-state index in [0.29, 0.717) is 0 Å². The zero-order valence-electron chi connectivity index (χ0n) is 7.12. The first kappa shape index (κ1) is 9.45. The maximum atomic E-state index is 10.6. The molecule has 0 radical (unpaired) electrons. The highest BCUT2D eigenvalue weighted by Gasteiger charge is 2.07. The van der Waals surface area contributed by atoms with Gasteiger partial charge in [0.05, 0.1) is 23.8 Å². The number of fused-ring (bicyclic) bond motifs is 1. The normalized spacial score (nSPS) is 10.6. The van der Waals surface area contributed by atoms with E-state index in [0.717, 1.165) is 20.2 Å². The fourth-order valence-electron chi connectivity index (χ4n) is 1.30. The third-order valence-electron chi connectivity index (χ3n) is 1.93. The second-order valence-corrected chi connectivity index (χ2v) is 4.10. The van der Waals surface area contributed by atoms with Gasteiger partial charge in [-0.25, -0.2) is 4.98 Å². The number of carboxylic acid groups (broad SMARTS) is 1. The van der Waals surface area contributed by atoms with Crippen molar-refractivity contribution < 1.29 is 9.90 Å². The minimum atomic E-state index is -0.818. The van der Waals surface area contributed by atoms with Crippen molar-refractivity contribution in [3.05, 3.63) is 27.6 Å². The first-order chi connectivity index (χ1) is 6.66. The zero-order valence-corrected chi connectivity index (χ0v) is 9.28. The first-order valence-corrected chi connectivity index (χ1v) is 5.08. The van der Waals surface area contributed by atoms with Crippen molar-refractivity contribution in [2.45, 2.75) is 6.42 Å². The summed E-state index contributed by atoms with van der Waals surface area (Å²) in [7, 11) is 0. The summed E-state index contributed by atoms with van der Waals surface area (Å²) >= 11 is 2.12. The molecule has 2 aromatic rings. The van der Waals surface area contributed by atoms with Gasteiger partial charge in [0.1, 0.15) is 0 Å². The average Bonchev–Trinajstić information content (AvgIpc) is 2.51. The number of carboxylic acids is 1. The van der Waals surface area contributed by atoms with Crippen LogP contribution in [0.15, 0.2) is 18.5 Å². The van der Waals surface area contributed by atoms with Gasteiger partial charge in [0.15, 0.2) is 0 Å². The van der Waals surface area contributed by atoms with Gasteiger partial charge in [-0.2, -0.15) is 0 Å². The molecule has 0 amide bonds. The second-order valence-electron chi connectivity index (χ2n) is 2.93. The Morgan fingerprint density at radius 3 is 3.07 bits per heavy atom. The molecule has 0 aliphatic carbocycles. The highest BCUT2D eigenvalue weighted by atomic mass is 127. The molecule has 0 unspecified atom stereocenters. The second kappa shape index (κ2) is 3.56. The number of hydrogen-bond donors (Lipinski definition) is 2. The van der Waals surface area contributed by atoms with E-state index in [2.05, 4.69) is 32.6 Å². The van der Waals surface area contributed by atoms with Gasteiger partial charge in [-0.3, -0.25) is 4.79 Å². The Bertz CT molecular complexity index is 493. The average molecular weight is 302 g/mol. The molecule has 0 saturated heterocycles. The highest BCUT2D eigenvalue weighted by molar-refractivity contribution is 14.1. The molecular formula is C9H7IN2O2. The summed E-state index contributed by atoms with van der Waals surface area (Å²) in [6.45, 7) is 0. The number of halogens is 1. The Morgan fingerprint density at radius 2 is 2.36 bits per heavy atom. The molecule has 1 aromatic carbocycles. The number of imidazole rings is 1. The van der Waals surface area contributed by atoms with Crippen molar-refractivity contribution in [1.29, 1.82) is 0 Å². The van der Waals surface area contributed by atoms with E-state index >= 15 is 0 Å². The fourth-order valence-corrected chi connectivity index (χ4v) is 1.94. The van der Waals surface area contributed by atoms with Crippen LogP contribution < -0.4 is 0 Å². The van der Waals surface area contributed by atoms with Crippen molar-refractivity contribution in [3.63, 3.8) is 0 Å². The van der Waals surface area contributed by atoms with Gasteiger partial charge in [-0.1, -0.05) is 0 Å². The van der Waals surface area contributed by atoms with Crippen LogP contribution in [-0.2, 0) is 11.2 Å². The van der Waals surface area contributed by atoms with E-state index < -0.39 is 5.97 Å². The number of nitrogens with one attached hydrogen (secondary N) is 1. The van der Waals surface area contributed by atoms with E-state index in [1.807, 2.05) is 12.1 Å². The SMILES string of the molecule is O=C(O)Cc1cc2[nH]cnc2cc1I. The van der Waals surface area contributed by atoms with Crippen LogP contribution in [0.3, 0.4) is 0 Å². The van der Waals surface area contributed by atoms with Gasteiger partial charge in [-0.15, -0.1) is 0 Å². The summed E-state index contributed by atoms with van der Waals surface area (Å²) < 4.78 is 0.935. The molecular weight excluding hydrogens is 295 g/mol. The molecule has 1 heterocycles. The molecule has 4 nitrogen and oxygen atoms in total. The Hall–Kier alpha value is -1.11. The van der Waals surface area contributed by atoms with E-state index in [1.165, 1.54) is 0 Å². The topological polar surface area (TPSA) is 66.0 Å².